The van der Waals surface area contributed by atoms with Crippen molar-refractivity contribution >= 4 is 33.0 Å². The van der Waals surface area contributed by atoms with Gasteiger partial charge in [0.25, 0.3) is 0 Å². The summed E-state index contributed by atoms with van der Waals surface area (Å²) in [6.07, 6.45) is 1.99. The van der Waals surface area contributed by atoms with Gasteiger partial charge in [-0.15, -0.1) is 6.58 Å². The molecule has 29 heavy (non-hydrogen) atoms. The van der Waals surface area contributed by atoms with Gasteiger partial charge in [0, 0.05) is 36.0 Å². The highest BCUT2D eigenvalue weighted by atomic mass is 32.2. The Labute approximate surface area is 172 Å². The van der Waals surface area contributed by atoms with Gasteiger partial charge in [-0.3, -0.25) is 4.79 Å². The number of rotatable bonds is 10. The normalized spacial score (nSPS) is 11.3. The van der Waals surface area contributed by atoms with Crippen LogP contribution in [0.1, 0.15) is 17.9 Å². The van der Waals surface area contributed by atoms with Crippen molar-refractivity contribution in [2.24, 2.45) is 0 Å². The van der Waals surface area contributed by atoms with Gasteiger partial charge in [0.15, 0.2) is 0 Å². The minimum absolute atomic E-state index is 0.140. The van der Waals surface area contributed by atoms with Crippen LogP contribution in [0, 0.1) is 0 Å². The summed E-state index contributed by atoms with van der Waals surface area (Å²) in [6, 6.07) is 8.55. The molecule has 3 rings (SSSR count). The third-order valence-corrected chi connectivity index (χ3v) is 5.86. The number of hydrogen-bond acceptors (Lipinski definition) is 7. The highest BCUT2D eigenvalue weighted by Crippen LogP contribution is 2.19. The first-order chi connectivity index (χ1) is 13.9. The van der Waals surface area contributed by atoms with Gasteiger partial charge in [0.2, 0.25) is 27.6 Å². The topological polar surface area (TPSA) is 114 Å². The van der Waals surface area contributed by atoms with E-state index in [1.165, 1.54) is 6.08 Å². The number of nitrogens with one attached hydrogen (secondary N) is 2. The van der Waals surface area contributed by atoms with Crippen molar-refractivity contribution in [3.05, 3.63) is 65.2 Å². The molecule has 0 atom stereocenters. The SMILES string of the molecule is C=CCNS(=O)(=O)Cc1ccc(NC(=O)CCc2nc(-c3ccsc3)no2)cc1. The van der Waals surface area contributed by atoms with Crippen LogP contribution in [0.4, 0.5) is 5.69 Å². The summed E-state index contributed by atoms with van der Waals surface area (Å²) in [6.45, 7) is 3.66. The van der Waals surface area contributed by atoms with Gasteiger partial charge in [-0.1, -0.05) is 23.4 Å². The van der Waals surface area contributed by atoms with Gasteiger partial charge in [-0.2, -0.15) is 16.3 Å². The van der Waals surface area contributed by atoms with Crippen molar-refractivity contribution in [3.8, 4) is 11.4 Å². The molecule has 152 valence electrons. The minimum atomic E-state index is -3.42. The largest absolute Gasteiger partial charge is 0.339 e. The Hall–Kier alpha value is -2.82. The predicted octanol–water partition coefficient (Wildman–Crippen LogP) is 2.97. The fraction of sp³-hybridized carbons (Fsp3) is 0.211. The third-order valence-electron chi connectivity index (χ3n) is 3.86. The molecule has 0 aliphatic carbocycles. The van der Waals surface area contributed by atoms with Gasteiger partial charge >= 0.3 is 0 Å². The maximum absolute atomic E-state index is 12.1. The van der Waals surface area contributed by atoms with E-state index >= 15 is 0 Å². The molecule has 0 spiro atoms. The van der Waals surface area contributed by atoms with Crippen molar-refractivity contribution in [3.63, 3.8) is 0 Å². The fourth-order valence-corrected chi connectivity index (χ4v) is 4.19. The number of sulfonamides is 1. The molecule has 10 heteroatoms. The molecule has 0 fully saturated rings. The Morgan fingerprint density at radius 2 is 2.03 bits per heavy atom. The van der Waals surface area contributed by atoms with E-state index in [9.17, 15) is 13.2 Å². The van der Waals surface area contributed by atoms with E-state index in [2.05, 4.69) is 26.8 Å². The minimum Gasteiger partial charge on any atom is -0.339 e. The smallest absolute Gasteiger partial charge is 0.227 e. The molecular weight excluding hydrogens is 412 g/mol. The number of thiophene rings is 1. The lowest BCUT2D eigenvalue weighted by molar-refractivity contribution is -0.116. The Morgan fingerprint density at radius 1 is 1.24 bits per heavy atom. The van der Waals surface area contributed by atoms with Crippen LogP contribution in [0.2, 0.25) is 0 Å². The molecule has 0 aliphatic heterocycles. The zero-order chi connectivity index (χ0) is 20.7. The molecule has 0 radical (unpaired) electrons. The molecule has 2 heterocycles. The molecule has 1 amide bonds. The van der Waals surface area contributed by atoms with Crippen LogP contribution in [-0.2, 0) is 27.0 Å². The number of anilines is 1. The van der Waals surface area contributed by atoms with Crippen LogP contribution in [0.15, 0.2) is 58.3 Å². The lowest BCUT2D eigenvalue weighted by Gasteiger charge is -2.07. The molecule has 1 aromatic carbocycles. The van der Waals surface area contributed by atoms with E-state index in [-0.39, 0.29) is 24.6 Å². The number of aryl methyl sites for hydroxylation is 1. The third kappa shape index (κ3) is 6.34. The Kier molecular flexibility index (Phi) is 6.91. The van der Waals surface area contributed by atoms with Gasteiger partial charge in [-0.25, -0.2) is 13.1 Å². The summed E-state index contributed by atoms with van der Waals surface area (Å²) in [5.74, 6) is 0.565. The number of aromatic nitrogens is 2. The van der Waals surface area contributed by atoms with Crippen LogP contribution in [0.5, 0.6) is 0 Å². The molecular formula is C19H20N4O4S2. The number of carbonyl (C=O) groups excluding carboxylic acids is 1. The van der Waals surface area contributed by atoms with Crippen molar-refractivity contribution in [2.45, 2.75) is 18.6 Å². The number of carbonyl (C=O) groups is 1. The average molecular weight is 433 g/mol. The maximum atomic E-state index is 12.1. The second-order valence-corrected chi connectivity index (χ2v) is 8.75. The quantitative estimate of drug-likeness (QED) is 0.476. The van der Waals surface area contributed by atoms with Crippen molar-refractivity contribution in [2.75, 3.05) is 11.9 Å². The second-order valence-electron chi connectivity index (χ2n) is 6.17. The summed E-state index contributed by atoms with van der Waals surface area (Å²) in [7, 11) is -3.42. The Morgan fingerprint density at radius 3 is 2.72 bits per heavy atom. The second kappa shape index (κ2) is 9.59. The standard InChI is InChI=1S/C19H20N4O4S2/c1-2-10-20-29(25,26)13-14-3-5-16(6-4-14)21-17(24)7-8-18-22-19(23-27-18)15-9-11-28-12-15/h2-6,9,11-12,20H,1,7-8,10,13H2,(H,21,24). The van der Waals surface area contributed by atoms with E-state index in [1.807, 2.05) is 16.8 Å². The van der Waals surface area contributed by atoms with E-state index < -0.39 is 10.0 Å². The highest BCUT2D eigenvalue weighted by Gasteiger charge is 2.12. The molecule has 0 bridgehead atoms. The molecule has 0 saturated carbocycles. The summed E-state index contributed by atoms with van der Waals surface area (Å²) in [4.78, 5) is 16.4. The number of benzene rings is 1. The first-order valence-electron chi connectivity index (χ1n) is 8.77. The first kappa shape index (κ1) is 20.9. The maximum Gasteiger partial charge on any atom is 0.227 e. The average Bonchev–Trinajstić information content (AvgIpc) is 3.38. The summed E-state index contributed by atoms with van der Waals surface area (Å²) < 4.78 is 31.3. The molecule has 2 N–H and O–H groups in total. The molecule has 8 nitrogen and oxygen atoms in total. The van der Waals surface area contributed by atoms with Gasteiger partial charge in [0.1, 0.15) is 0 Å². The predicted molar refractivity (Wildman–Crippen MR) is 112 cm³/mol. The van der Waals surface area contributed by atoms with E-state index in [4.69, 9.17) is 4.52 Å². The van der Waals surface area contributed by atoms with Crippen molar-refractivity contribution in [1.29, 1.82) is 0 Å². The Balaban J connectivity index is 1.49. The molecule has 3 aromatic rings. The van der Waals surface area contributed by atoms with E-state index in [1.54, 1.807) is 35.6 Å². The summed E-state index contributed by atoms with van der Waals surface area (Å²) >= 11 is 1.54. The zero-order valence-corrected chi connectivity index (χ0v) is 17.1. The summed E-state index contributed by atoms with van der Waals surface area (Å²) in [5.41, 5.74) is 2.09. The first-order valence-corrected chi connectivity index (χ1v) is 11.4. The van der Waals surface area contributed by atoms with Crippen LogP contribution in [-0.4, -0.2) is 31.0 Å². The number of amides is 1. The van der Waals surface area contributed by atoms with Crippen LogP contribution in [0.3, 0.4) is 0 Å². The van der Waals surface area contributed by atoms with E-state index in [0.29, 0.717) is 29.4 Å². The van der Waals surface area contributed by atoms with Gasteiger partial charge in [0.05, 0.1) is 5.75 Å². The van der Waals surface area contributed by atoms with Crippen molar-refractivity contribution < 1.29 is 17.7 Å². The Bertz CT molecular complexity index is 1060. The lowest BCUT2D eigenvalue weighted by atomic mass is 10.2. The number of nitrogens with zero attached hydrogens (tertiary/aromatic N) is 2. The van der Waals surface area contributed by atoms with Gasteiger partial charge < -0.3 is 9.84 Å². The monoisotopic (exact) mass is 432 g/mol. The summed E-state index contributed by atoms with van der Waals surface area (Å²) in [5, 5.41) is 10.5. The lowest BCUT2D eigenvalue weighted by Crippen LogP contribution is -2.25. The van der Waals surface area contributed by atoms with Crippen LogP contribution < -0.4 is 10.0 Å². The number of hydrogen-bond donors (Lipinski definition) is 2. The molecule has 0 saturated heterocycles. The molecule has 0 aliphatic rings. The zero-order valence-electron chi connectivity index (χ0n) is 15.5. The van der Waals surface area contributed by atoms with Crippen LogP contribution >= 0.6 is 11.3 Å². The highest BCUT2D eigenvalue weighted by molar-refractivity contribution is 7.88. The van der Waals surface area contributed by atoms with E-state index in [0.717, 1.165) is 5.56 Å². The molecule has 0 unspecified atom stereocenters. The van der Waals surface area contributed by atoms with Crippen molar-refractivity contribution in [1.82, 2.24) is 14.9 Å². The van der Waals surface area contributed by atoms with Crippen LogP contribution in [0.25, 0.3) is 11.4 Å². The fourth-order valence-electron chi connectivity index (χ4n) is 2.45. The molecule has 2 aromatic heterocycles. The van der Waals surface area contributed by atoms with Gasteiger partial charge in [-0.05, 0) is 29.1 Å².